The van der Waals surface area contributed by atoms with Gasteiger partial charge in [0, 0.05) is 11.1 Å². The van der Waals surface area contributed by atoms with Gasteiger partial charge in [0.25, 0.3) is 0 Å². The van der Waals surface area contributed by atoms with Crippen molar-refractivity contribution in [3.05, 3.63) is 168 Å². The van der Waals surface area contributed by atoms with Gasteiger partial charge in [0.05, 0.1) is 12.2 Å². The summed E-state index contributed by atoms with van der Waals surface area (Å²) >= 11 is 0. The Morgan fingerprint density at radius 1 is 0.628 bits per heavy atom. The predicted molar refractivity (Wildman–Crippen MR) is 178 cm³/mol. The van der Waals surface area contributed by atoms with E-state index >= 15 is 0 Å². The number of para-hydroxylation sites is 2. The van der Waals surface area contributed by atoms with E-state index in [1.807, 2.05) is 84.9 Å². The molecule has 6 rings (SSSR count). The maximum atomic E-state index is 6.43. The molecule has 5 heteroatoms. The number of anilines is 1. The molecule has 0 amide bonds. The van der Waals surface area contributed by atoms with Crippen LogP contribution in [0.5, 0.6) is 5.75 Å². The van der Waals surface area contributed by atoms with Crippen molar-refractivity contribution in [2.45, 2.75) is 13.2 Å². The number of fused-ring (bicyclic) bond motifs is 1. The number of nitrogens with two attached hydrogens (primary N) is 2. The van der Waals surface area contributed by atoms with E-state index in [0.29, 0.717) is 36.3 Å². The molecular weight excluding hydrogens is 528 g/mol. The molecule has 0 radical (unpaired) electrons. The number of ether oxygens (including phenoxy) is 1. The lowest BCUT2D eigenvalue weighted by molar-refractivity contribution is 0.308. The predicted octanol–water partition coefficient (Wildman–Crippen LogP) is 8.02. The van der Waals surface area contributed by atoms with Crippen LogP contribution in [0.2, 0.25) is 0 Å². The lowest BCUT2D eigenvalue weighted by Gasteiger charge is -2.14. The Hall–Kier alpha value is -5.68. The summed E-state index contributed by atoms with van der Waals surface area (Å²) in [6.45, 7) is 0.872. The fraction of sp³-hybridized carbons (Fsp3) is 0.0526. The van der Waals surface area contributed by atoms with E-state index in [2.05, 4.69) is 60.7 Å². The lowest BCUT2D eigenvalue weighted by atomic mass is 9.92. The van der Waals surface area contributed by atoms with E-state index in [1.54, 1.807) is 0 Å². The first-order chi connectivity index (χ1) is 21.2. The van der Waals surface area contributed by atoms with Crippen molar-refractivity contribution in [1.29, 1.82) is 0 Å². The van der Waals surface area contributed by atoms with Crippen molar-refractivity contribution in [2.24, 2.45) is 15.7 Å². The second-order valence-electron chi connectivity index (χ2n) is 10.2. The van der Waals surface area contributed by atoms with Gasteiger partial charge in [-0.05, 0) is 45.2 Å². The van der Waals surface area contributed by atoms with E-state index < -0.39 is 0 Å². The standard InChI is InChI=1S/C38H32N4O/c39-34-17-9-10-18-35(34)43-26-27-19-21-29(22-20-27)36-32(24-23-28-11-7-8-16-33(28)36)25-41-38(31-14-5-2-6-15-31)42-37(40)30-12-3-1-4-13-30/h1-24H,25-26,39H2,(H2,40,41,42). The fourth-order valence-corrected chi connectivity index (χ4v) is 5.06. The van der Waals surface area contributed by atoms with Crippen molar-refractivity contribution >= 4 is 28.1 Å². The van der Waals surface area contributed by atoms with Crippen LogP contribution in [0.4, 0.5) is 5.69 Å². The molecule has 0 saturated carbocycles. The van der Waals surface area contributed by atoms with Crippen molar-refractivity contribution in [2.75, 3.05) is 5.73 Å². The Bertz CT molecular complexity index is 1900. The summed E-state index contributed by atoms with van der Waals surface area (Å²) in [5, 5.41) is 2.34. The van der Waals surface area contributed by atoms with Gasteiger partial charge in [0.15, 0.2) is 5.84 Å². The number of hydrogen-bond acceptors (Lipinski definition) is 3. The number of rotatable bonds is 8. The molecule has 0 aliphatic carbocycles. The first kappa shape index (κ1) is 27.5. The van der Waals surface area contributed by atoms with Crippen LogP contribution < -0.4 is 16.2 Å². The summed E-state index contributed by atoms with van der Waals surface area (Å²) < 4.78 is 5.97. The quantitative estimate of drug-likeness (QED) is 0.112. The molecule has 0 bridgehead atoms. The highest BCUT2D eigenvalue weighted by Gasteiger charge is 2.12. The molecule has 5 nitrogen and oxygen atoms in total. The van der Waals surface area contributed by atoms with Gasteiger partial charge in [-0.15, -0.1) is 0 Å². The Kier molecular flexibility index (Phi) is 8.23. The highest BCUT2D eigenvalue weighted by Crippen LogP contribution is 2.33. The fourth-order valence-electron chi connectivity index (χ4n) is 5.06. The van der Waals surface area contributed by atoms with Crippen LogP contribution >= 0.6 is 0 Å². The minimum absolute atomic E-state index is 0.428. The zero-order chi connectivity index (χ0) is 29.4. The average Bonchev–Trinajstić information content (AvgIpc) is 3.07. The second kappa shape index (κ2) is 12.9. The van der Waals surface area contributed by atoms with Crippen LogP contribution in [0.3, 0.4) is 0 Å². The number of aliphatic imine (C=N–C) groups is 2. The van der Waals surface area contributed by atoms with Crippen LogP contribution in [0.25, 0.3) is 21.9 Å². The highest BCUT2D eigenvalue weighted by molar-refractivity contribution is 6.11. The minimum Gasteiger partial charge on any atom is -0.487 e. The molecule has 0 aliphatic rings. The number of amidine groups is 2. The van der Waals surface area contributed by atoms with Gasteiger partial charge < -0.3 is 16.2 Å². The summed E-state index contributed by atoms with van der Waals surface area (Å²) in [6.07, 6.45) is 0. The summed E-state index contributed by atoms with van der Waals surface area (Å²) in [6, 6.07) is 48.5. The molecule has 0 heterocycles. The minimum atomic E-state index is 0.428. The molecule has 210 valence electrons. The normalized spacial score (nSPS) is 11.9. The van der Waals surface area contributed by atoms with Crippen LogP contribution in [-0.2, 0) is 13.2 Å². The van der Waals surface area contributed by atoms with Gasteiger partial charge in [0.1, 0.15) is 18.2 Å². The van der Waals surface area contributed by atoms with E-state index in [0.717, 1.165) is 33.4 Å². The Morgan fingerprint density at radius 3 is 2.02 bits per heavy atom. The molecule has 0 aliphatic heterocycles. The van der Waals surface area contributed by atoms with E-state index in [-0.39, 0.29) is 0 Å². The number of nitrogen functional groups attached to an aromatic ring is 1. The maximum absolute atomic E-state index is 6.43. The third-order valence-corrected chi connectivity index (χ3v) is 7.30. The van der Waals surface area contributed by atoms with Gasteiger partial charge in [0.2, 0.25) is 0 Å². The highest BCUT2D eigenvalue weighted by atomic mass is 16.5. The van der Waals surface area contributed by atoms with Crippen LogP contribution in [0, 0.1) is 0 Å². The van der Waals surface area contributed by atoms with Gasteiger partial charge in [-0.2, -0.15) is 0 Å². The summed E-state index contributed by atoms with van der Waals surface area (Å²) in [4.78, 5) is 9.81. The first-order valence-electron chi connectivity index (χ1n) is 14.2. The lowest BCUT2D eigenvalue weighted by Crippen LogP contribution is -2.16. The van der Waals surface area contributed by atoms with Crippen molar-refractivity contribution < 1.29 is 4.74 Å². The topological polar surface area (TPSA) is 86.0 Å². The Labute approximate surface area is 251 Å². The molecule has 0 aromatic heterocycles. The van der Waals surface area contributed by atoms with Gasteiger partial charge >= 0.3 is 0 Å². The second-order valence-corrected chi connectivity index (χ2v) is 10.2. The zero-order valence-electron chi connectivity index (χ0n) is 23.7. The Morgan fingerprint density at radius 2 is 1.28 bits per heavy atom. The average molecular weight is 561 g/mol. The third kappa shape index (κ3) is 6.47. The zero-order valence-corrected chi connectivity index (χ0v) is 23.7. The monoisotopic (exact) mass is 560 g/mol. The molecule has 0 fully saturated rings. The van der Waals surface area contributed by atoms with E-state index in [9.17, 15) is 0 Å². The summed E-state index contributed by atoms with van der Waals surface area (Å²) in [5.41, 5.74) is 19.3. The smallest absolute Gasteiger partial charge is 0.157 e. The molecule has 43 heavy (non-hydrogen) atoms. The maximum Gasteiger partial charge on any atom is 0.157 e. The first-order valence-corrected chi connectivity index (χ1v) is 14.2. The van der Waals surface area contributed by atoms with Gasteiger partial charge in [-0.25, -0.2) is 4.99 Å². The summed E-state index contributed by atoms with van der Waals surface area (Å²) in [7, 11) is 0. The molecule has 0 spiro atoms. The van der Waals surface area contributed by atoms with Crippen LogP contribution in [-0.4, -0.2) is 11.7 Å². The van der Waals surface area contributed by atoms with Crippen molar-refractivity contribution in [1.82, 2.24) is 0 Å². The van der Waals surface area contributed by atoms with Gasteiger partial charge in [-0.3, -0.25) is 4.99 Å². The van der Waals surface area contributed by atoms with Crippen LogP contribution in [0.15, 0.2) is 156 Å². The molecule has 6 aromatic carbocycles. The molecule has 4 N–H and O–H groups in total. The third-order valence-electron chi connectivity index (χ3n) is 7.30. The van der Waals surface area contributed by atoms with Crippen molar-refractivity contribution in [3.63, 3.8) is 0 Å². The summed E-state index contributed by atoms with van der Waals surface area (Å²) in [5.74, 6) is 1.70. The SMILES string of the molecule is N/C(=N\C(=N/Cc1ccc2ccccc2c1-c1ccc(COc2ccccc2N)cc1)c1ccccc1)c1ccccc1. The van der Waals surface area contributed by atoms with Crippen molar-refractivity contribution in [3.8, 4) is 16.9 Å². The van der Waals surface area contributed by atoms with Gasteiger partial charge in [-0.1, -0.05) is 133 Å². The Balaban J connectivity index is 1.35. The number of benzene rings is 6. The molecular formula is C38H32N4O. The largest absolute Gasteiger partial charge is 0.487 e. The molecule has 6 aromatic rings. The van der Waals surface area contributed by atoms with E-state index in [4.69, 9.17) is 26.2 Å². The molecule has 0 saturated heterocycles. The molecule has 0 atom stereocenters. The van der Waals surface area contributed by atoms with Crippen LogP contribution in [0.1, 0.15) is 22.3 Å². The molecule has 0 unspecified atom stereocenters. The number of hydrogen-bond donors (Lipinski definition) is 2. The number of nitrogens with zero attached hydrogens (tertiary/aromatic N) is 2. The van der Waals surface area contributed by atoms with E-state index in [1.165, 1.54) is 10.8 Å².